The number of hydrogen-bond donors (Lipinski definition) is 2. The van der Waals surface area contributed by atoms with Crippen LogP contribution in [0, 0.1) is 5.82 Å². The molecule has 0 aliphatic carbocycles. The van der Waals surface area contributed by atoms with Crippen LogP contribution in [0.25, 0.3) is 11.3 Å². The summed E-state index contributed by atoms with van der Waals surface area (Å²) in [7, 11) is 0. The number of phenols is 1. The highest BCUT2D eigenvalue weighted by atomic mass is 35.5. The van der Waals surface area contributed by atoms with Crippen LogP contribution in [-0.2, 0) is 4.74 Å². The summed E-state index contributed by atoms with van der Waals surface area (Å²) in [6, 6.07) is 3.42. The third-order valence-corrected chi connectivity index (χ3v) is 6.20. The van der Waals surface area contributed by atoms with Gasteiger partial charge in [0.1, 0.15) is 45.9 Å². The molecule has 9 nitrogen and oxygen atoms in total. The number of amides is 2. The molecule has 1 aromatic heterocycles. The largest absolute Gasteiger partial charge is 0.507 e. The molecule has 0 spiro atoms. The molecule has 4 rings (SSSR count). The molecule has 1 saturated heterocycles. The number of nitrogens with one attached hydrogen (secondary N) is 1. The highest BCUT2D eigenvalue weighted by molar-refractivity contribution is 6.35. The van der Waals surface area contributed by atoms with E-state index in [1.165, 1.54) is 18.2 Å². The Hall–Kier alpha value is -3.27. The first-order valence-corrected chi connectivity index (χ1v) is 12.5. The van der Waals surface area contributed by atoms with Gasteiger partial charge in [-0.2, -0.15) is 0 Å². The van der Waals surface area contributed by atoms with Crippen LogP contribution < -0.4 is 10.1 Å². The number of rotatable bonds is 2. The maximum atomic E-state index is 14.8. The summed E-state index contributed by atoms with van der Waals surface area (Å²) in [6.07, 6.45) is -0.464. The lowest BCUT2D eigenvalue weighted by Crippen LogP contribution is -2.58. The van der Waals surface area contributed by atoms with E-state index in [1.807, 2.05) is 20.8 Å². The van der Waals surface area contributed by atoms with Gasteiger partial charge in [0.15, 0.2) is 5.75 Å². The molecule has 0 bridgehead atoms. The molecule has 1 atom stereocenters. The summed E-state index contributed by atoms with van der Waals surface area (Å²) < 4.78 is 26.4. The molecule has 0 radical (unpaired) electrons. The minimum Gasteiger partial charge on any atom is -0.507 e. The summed E-state index contributed by atoms with van der Waals surface area (Å²) >= 11 is 6.69. The van der Waals surface area contributed by atoms with E-state index in [2.05, 4.69) is 10.3 Å². The molecule has 2 amide bonds. The van der Waals surface area contributed by atoms with E-state index in [0.717, 1.165) is 0 Å². The van der Waals surface area contributed by atoms with Crippen molar-refractivity contribution >= 4 is 29.4 Å². The number of carbonyl (C=O) groups excluding carboxylic acids is 2. The van der Waals surface area contributed by atoms with Gasteiger partial charge in [0.25, 0.3) is 5.91 Å². The number of nitrogens with zero attached hydrogens (tertiary/aromatic N) is 3. The molecule has 2 N–H and O–H groups in total. The van der Waals surface area contributed by atoms with Crippen molar-refractivity contribution in [2.24, 2.45) is 0 Å². The number of pyridine rings is 1. The van der Waals surface area contributed by atoms with Crippen molar-refractivity contribution < 1.29 is 28.6 Å². The van der Waals surface area contributed by atoms with Gasteiger partial charge in [-0.3, -0.25) is 4.79 Å². The number of phenolic OH excluding ortho intramolecular Hbond substituents is 1. The van der Waals surface area contributed by atoms with Crippen molar-refractivity contribution in [1.29, 1.82) is 0 Å². The van der Waals surface area contributed by atoms with E-state index < -0.39 is 29.1 Å². The summed E-state index contributed by atoms with van der Waals surface area (Å²) in [5.74, 6) is -1.23. The van der Waals surface area contributed by atoms with Crippen LogP contribution in [0.2, 0.25) is 5.02 Å². The second-order valence-electron chi connectivity index (χ2n) is 11.2. The number of carbonyl (C=O) groups is 2. The molecule has 2 aliphatic heterocycles. The predicted octanol–water partition coefficient (Wildman–Crippen LogP) is 4.91. The second-order valence-corrected chi connectivity index (χ2v) is 11.6. The van der Waals surface area contributed by atoms with Crippen molar-refractivity contribution in [1.82, 2.24) is 14.8 Å². The van der Waals surface area contributed by atoms with Crippen LogP contribution >= 0.6 is 11.6 Å². The number of benzene rings is 1. The van der Waals surface area contributed by atoms with Gasteiger partial charge in [-0.15, -0.1) is 0 Å². The third kappa shape index (κ3) is 5.53. The van der Waals surface area contributed by atoms with Gasteiger partial charge < -0.3 is 29.7 Å². The molecule has 11 heteroatoms. The first kappa shape index (κ1) is 26.8. The van der Waals surface area contributed by atoms with Crippen molar-refractivity contribution in [3.8, 4) is 22.8 Å². The van der Waals surface area contributed by atoms with Crippen LogP contribution in [0.3, 0.4) is 0 Å². The van der Waals surface area contributed by atoms with Crippen LogP contribution in [-0.4, -0.2) is 75.3 Å². The minimum atomic E-state index is -0.721. The standard InChI is InChI=1S/C26H32ClFN4O5/c1-25(2,3)30-22-18-21(19(27)20(29-22)17-15(28)8-7-9-16(17)33)36-13-14-12-31(10-11-32(14)23(18)34)24(35)37-26(4,5)6/h7-9,14,33H,10-13H2,1-6H3,(H,29,30)/t14-/m1/s1. The molecule has 0 unspecified atom stereocenters. The van der Waals surface area contributed by atoms with Gasteiger partial charge in [0.05, 0.1) is 11.6 Å². The van der Waals surface area contributed by atoms with Crippen LogP contribution in [0.4, 0.5) is 15.0 Å². The van der Waals surface area contributed by atoms with E-state index >= 15 is 0 Å². The number of anilines is 1. The molecular weight excluding hydrogens is 503 g/mol. The Kier molecular flexibility index (Phi) is 6.92. The smallest absolute Gasteiger partial charge is 0.410 e. The summed E-state index contributed by atoms with van der Waals surface area (Å²) in [6.45, 7) is 11.8. The average Bonchev–Trinajstić information content (AvgIpc) is 2.91. The average molecular weight is 535 g/mol. The highest BCUT2D eigenvalue weighted by Crippen LogP contribution is 2.45. The minimum absolute atomic E-state index is 0.0411. The lowest BCUT2D eigenvalue weighted by Gasteiger charge is -2.40. The normalized spacial score (nSPS) is 17.9. The zero-order valence-corrected chi connectivity index (χ0v) is 22.6. The Balaban J connectivity index is 1.78. The molecule has 2 aromatic rings. The molecule has 3 heterocycles. The van der Waals surface area contributed by atoms with E-state index in [9.17, 15) is 19.1 Å². The molecule has 200 valence electrons. The number of aromatic hydroxyl groups is 1. The van der Waals surface area contributed by atoms with Gasteiger partial charge >= 0.3 is 6.09 Å². The number of ether oxygens (including phenoxy) is 2. The summed E-state index contributed by atoms with van der Waals surface area (Å²) in [4.78, 5) is 34.2. The fourth-order valence-corrected chi connectivity index (χ4v) is 4.60. The molecule has 37 heavy (non-hydrogen) atoms. The Morgan fingerprint density at radius 2 is 1.92 bits per heavy atom. The highest BCUT2D eigenvalue weighted by Gasteiger charge is 2.41. The fourth-order valence-electron chi connectivity index (χ4n) is 4.31. The third-order valence-electron chi connectivity index (χ3n) is 5.85. The Bertz CT molecular complexity index is 1220. The zero-order valence-electron chi connectivity index (χ0n) is 21.8. The molecule has 1 fully saturated rings. The van der Waals surface area contributed by atoms with Crippen LogP contribution in [0.15, 0.2) is 18.2 Å². The zero-order chi connectivity index (χ0) is 27.3. The van der Waals surface area contributed by atoms with Gasteiger partial charge in [-0.1, -0.05) is 17.7 Å². The van der Waals surface area contributed by atoms with Gasteiger partial charge in [0.2, 0.25) is 0 Å². The number of piperazine rings is 1. The predicted molar refractivity (Wildman–Crippen MR) is 138 cm³/mol. The number of fused-ring (bicyclic) bond motifs is 2. The van der Waals surface area contributed by atoms with E-state index in [-0.39, 0.29) is 71.3 Å². The maximum Gasteiger partial charge on any atom is 0.410 e. The number of hydrogen-bond acceptors (Lipinski definition) is 7. The Morgan fingerprint density at radius 1 is 1.22 bits per heavy atom. The lowest BCUT2D eigenvalue weighted by molar-refractivity contribution is 0.000956. The Labute approximate surface area is 220 Å². The number of halogens is 2. The molecule has 2 aliphatic rings. The van der Waals surface area contributed by atoms with Crippen molar-refractivity contribution in [3.05, 3.63) is 34.6 Å². The van der Waals surface area contributed by atoms with Crippen LogP contribution in [0.1, 0.15) is 51.9 Å². The second kappa shape index (κ2) is 9.55. The van der Waals surface area contributed by atoms with Gasteiger partial charge in [0, 0.05) is 25.2 Å². The first-order valence-electron chi connectivity index (χ1n) is 12.1. The van der Waals surface area contributed by atoms with E-state index in [0.29, 0.717) is 0 Å². The van der Waals surface area contributed by atoms with Crippen molar-refractivity contribution in [2.75, 3.05) is 31.6 Å². The van der Waals surface area contributed by atoms with Crippen LogP contribution in [0.5, 0.6) is 11.5 Å². The van der Waals surface area contributed by atoms with E-state index in [4.69, 9.17) is 21.1 Å². The fraction of sp³-hybridized carbons (Fsp3) is 0.500. The van der Waals surface area contributed by atoms with Crippen molar-refractivity contribution in [3.63, 3.8) is 0 Å². The van der Waals surface area contributed by atoms with Gasteiger partial charge in [-0.25, -0.2) is 14.2 Å². The topological polar surface area (TPSA) is 104 Å². The number of aromatic nitrogens is 1. The monoisotopic (exact) mass is 534 g/mol. The van der Waals surface area contributed by atoms with Gasteiger partial charge in [-0.05, 0) is 53.7 Å². The summed E-state index contributed by atoms with van der Waals surface area (Å²) in [5.41, 5.74) is -1.30. The lowest BCUT2D eigenvalue weighted by atomic mass is 10.0. The maximum absolute atomic E-state index is 14.8. The molecular formula is C26H32ClFN4O5. The quantitative estimate of drug-likeness (QED) is 0.564. The summed E-state index contributed by atoms with van der Waals surface area (Å²) in [5, 5.41) is 13.5. The Morgan fingerprint density at radius 3 is 2.54 bits per heavy atom. The first-order chi connectivity index (χ1) is 17.2. The van der Waals surface area contributed by atoms with E-state index in [1.54, 1.807) is 30.6 Å². The SMILES string of the molecule is CC(C)(C)Nc1nc(-c2c(O)cccc2F)c(Cl)c2c1C(=O)N1CCN(C(=O)OC(C)(C)C)C[C@@H]1CO2. The van der Waals surface area contributed by atoms with Crippen molar-refractivity contribution in [2.45, 2.75) is 58.7 Å². The molecule has 0 saturated carbocycles. The molecule has 1 aromatic carbocycles.